The average Bonchev–Trinajstić information content (AvgIpc) is 2.94. The minimum absolute atomic E-state index is 0.591. The first-order valence-electron chi connectivity index (χ1n) is 6.02. The van der Waals surface area contributed by atoms with Gasteiger partial charge in [-0.1, -0.05) is 12.1 Å². The Hall–Kier alpha value is -2.56. The Labute approximate surface area is 110 Å². The Morgan fingerprint density at radius 3 is 2.84 bits per heavy atom. The van der Waals surface area contributed by atoms with Crippen LogP contribution in [-0.4, -0.2) is 22.1 Å². The second-order valence-corrected chi connectivity index (χ2v) is 4.16. The lowest BCUT2D eigenvalue weighted by atomic mass is 10.1. The summed E-state index contributed by atoms with van der Waals surface area (Å²) in [4.78, 5) is 11.6. The molecule has 0 fully saturated rings. The van der Waals surface area contributed by atoms with E-state index in [2.05, 4.69) is 38.5 Å². The van der Waals surface area contributed by atoms with E-state index >= 15 is 0 Å². The number of aromatic nitrogens is 3. The van der Waals surface area contributed by atoms with Gasteiger partial charge in [-0.3, -0.25) is 0 Å². The van der Waals surface area contributed by atoms with Gasteiger partial charge in [0.25, 0.3) is 0 Å². The highest BCUT2D eigenvalue weighted by atomic mass is 16.5. The Balaban J connectivity index is 1.76. The third-order valence-electron chi connectivity index (χ3n) is 2.99. The van der Waals surface area contributed by atoms with Crippen LogP contribution >= 0.6 is 0 Å². The standard InChI is InChI=1S/C14H14N4O/c1-19-11-8-17-14(18-9-11)16-7-10-3-2-4-13-12(10)5-6-15-13/h2-6,8-9,15H,7H2,1H3,(H,16,17,18). The highest BCUT2D eigenvalue weighted by Gasteiger charge is 2.02. The molecule has 0 saturated heterocycles. The zero-order valence-electron chi connectivity index (χ0n) is 10.6. The largest absolute Gasteiger partial charge is 0.494 e. The molecule has 0 amide bonds. The molecular weight excluding hydrogens is 240 g/mol. The Bertz CT molecular complexity index is 675. The Morgan fingerprint density at radius 2 is 2.05 bits per heavy atom. The highest BCUT2D eigenvalue weighted by Crippen LogP contribution is 2.18. The number of hydrogen-bond donors (Lipinski definition) is 2. The number of benzene rings is 1. The van der Waals surface area contributed by atoms with Crippen LogP contribution in [0.2, 0.25) is 0 Å². The van der Waals surface area contributed by atoms with Crippen LogP contribution in [0.5, 0.6) is 5.75 Å². The van der Waals surface area contributed by atoms with Crippen molar-refractivity contribution in [3.63, 3.8) is 0 Å². The number of ether oxygens (including phenoxy) is 1. The summed E-state index contributed by atoms with van der Waals surface area (Å²) in [7, 11) is 1.60. The first kappa shape index (κ1) is 11.5. The van der Waals surface area contributed by atoms with Crippen molar-refractivity contribution >= 4 is 16.9 Å². The quantitative estimate of drug-likeness (QED) is 0.751. The molecule has 0 atom stereocenters. The van der Waals surface area contributed by atoms with E-state index in [1.165, 1.54) is 10.9 Å². The lowest BCUT2D eigenvalue weighted by molar-refractivity contribution is 0.411. The number of methoxy groups -OCH3 is 1. The molecule has 5 nitrogen and oxygen atoms in total. The fourth-order valence-corrected chi connectivity index (χ4v) is 1.99. The van der Waals surface area contributed by atoms with Crippen molar-refractivity contribution < 1.29 is 4.74 Å². The van der Waals surface area contributed by atoms with Gasteiger partial charge in [0.2, 0.25) is 5.95 Å². The van der Waals surface area contributed by atoms with E-state index in [1.807, 2.05) is 12.3 Å². The molecule has 0 aliphatic rings. The molecule has 2 N–H and O–H groups in total. The second-order valence-electron chi connectivity index (χ2n) is 4.16. The van der Waals surface area contributed by atoms with Gasteiger partial charge in [-0.2, -0.15) is 0 Å². The molecule has 19 heavy (non-hydrogen) atoms. The topological polar surface area (TPSA) is 62.8 Å². The van der Waals surface area contributed by atoms with Gasteiger partial charge in [0.1, 0.15) is 0 Å². The summed E-state index contributed by atoms with van der Waals surface area (Å²) >= 11 is 0. The number of hydrogen-bond acceptors (Lipinski definition) is 4. The van der Waals surface area contributed by atoms with Gasteiger partial charge in [0.05, 0.1) is 19.5 Å². The van der Waals surface area contributed by atoms with Crippen LogP contribution in [0.3, 0.4) is 0 Å². The average molecular weight is 254 g/mol. The third-order valence-corrected chi connectivity index (χ3v) is 2.99. The SMILES string of the molecule is COc1cnc(NCc2cccc3[nH]ccc23)nc1. The third kappa shape index (κ3) is 2.35. The lowest BCUT2D eigenvalue weighted by Gasteiger charge is -2.06. The smallest absolute Gasteiger partial charge is 0.223 e. The summed E-state index contributed by atoms with van der Waals surface area (Å²) in [6, 6.07) is 8.25. The van der Waals surface area contributed by atoms with E-state index in [0.29, 0.717) is 18.2 Å². The van der Waals surface area contributed by atoms with Crippen LogP contribution in [0.4, 0.5) is 5.95 Å². The number of rotatable bonds is 4. The van der Waals surface area contributed by atoms with Crippen LogP contribution in [0.25, 0.3) is 10.9 Å². The molecule has 3 rings (SSSR count). The second kappa shape index (κ2) is 4.97. The number of nitrogens with one attached hydrogen (secondary N) is 2. The summed E-state index contributed by atoms with van der Waals surface area (Å²) in [5.74, 6) is 1.24. The van der Waals surface area contributed by atoms with Crippen LogP contribution in [-0.2, 0) is 6.54 Å². The van der Waals surface area contributed by atoms with Gasteiger partial charge < -0.3 is 15.0 Å². The van der Waals surface area contributed by atoms with Gasteiger partial charge in [-0.05, 0) is 17.7 Å². The molecule has 0 aliphatic heterocycles. The molecular formula is C14H14N4O. The predicted molar refractivity (Wildman–Crippen MR) is 74.2 cm³/mol. The molecule has 3 aromatic rings. The van der Waals surface area contributed by atoms with Gasteiger partial charge in [-0.15, -0.1) is 0 Å². The zero-order valence-corrected chi connectivity index (χ0v) is 10.6. The van der Waals surface area contributed by atoms with Crippen LogP contribution in [0.1, 0.15) is 5.56 Å². The van der Waals surface area contributed by atoms with Gasteiger partial charge in [0, 0.05) is 23.6 Å². The summed E-state index contributed by atoms with van der Waals surface area (Å²) in [5.41, 5.74) is 2.34. The summed E-state index contributed by atoms with van der Waals surface area (Å²) in [6.45, 7) is 0.682. The molecule has 1 aromatic carbocycles. The first-order valence-corrected chi connectivity index (χ1v) is 6.02. The van der Waals surface area contributed by atoms with Gasteiger partial charge in [0.15, 0.2) is 5.75 Å². The van der Waals surface area contributed by atoms with Crippen molar-refractivity contribution in [2.75, 3.05) is 12.4 Å². The summed E-state index contributed by atoms with van der Waals surface area (Å²) in [5, 5.41) is 4.41. The summed E-state index contributed by atoms with van der Waals surface area (Å²) in [6.07, 6.45) is 5.23. The molecule has 0 unspecified atom stereocenters. The van der Waals surface area contributed by atoms with Crippen LogP contribution in [0, 0.1) is 0 Å². The predicted octanol–water partition coefficient (Wildman–Crippen LogP) is 2.58. The van der Waals surface area contributed by atoms with Crippen LogP contribution < -0.4 is 10.1 Å². The molecule has 0 aliphatic carbocycles. The van der Waals surface area contributed by atoms with E-state index in [9.17, 15) is 0 Å². The van der Waals surface area contributed by atoms with E-state index in [1.54, 1.807) is 19.5 Å². The minimum atomic E-state index is 0.591. The highest BCUT2D eigenvalue weighted by molar-refractivity contribution is 5.83. The Morgan fingerprint density at radius 1 is 1.21 bits per heavy atom. The molecule has 5 heteroatoms. The molecule has 0 saturated carbocycles. The van der Waals surface area contributed by atoms with Crippen molar-refractivity contribution in [2.24, 2.45) is 0 Å². The summed E-state index contributed by atoms with van der Waals surface area (Å²) < 4.78 is 5.02. The van der Waals surface area contributed by atoms with Gasteiger partial charge >= 0.3 is 0 Å². The van der Waals surface area contributed by atoms with Crippen molar-refractivity contribution in [3.05, 3.63) is 48.4 Å². The number of fused-ring (bicyclic) bond motifs is 1. The fourth-order valence-electron chi connectivity index (χ4n) is 1.99. The fraction of sp³-hybridized carbons (Fsp3) is 0.143. The van der Waals surface area contributed by atoms with E-state index < -0.39 is 0 Å². The molecule has 2 aromatic heterocycles. The maximum Gasteiger partial charge on any atom is 0.223 e. The molecule has 0 radical (unpaired) electrons. The van der Waals surface area contributed by atoms with Crippen molar-refractivity contribution in [1.82, 2.24) is 15.0 Å². The van der Waals surface area contributed by atoms with E-state index in [4.69, 9.17) is 4.74 Å². The van der Waals surface area contributed by atoms with E-state index in [-0.39, 0.29) is 0 Å². The number of H-pyrrole nitrogens is 1. The minimum Gasteiger partial charge on any atom is -0.494 e. The first-order chi connectivity index (χ1) is 9.36. The van der Waals surface area contributed by atoms with Crippen molar-refractivity contribution in [2.45, 2.75) is 6.54 Å². The zero-order chi connectivity index (χ0) is 13.1. The van der Waals surface area contributed by atoms with Gasteiger partial charge in [-0.25, -0.2) is 9.97 Å². The number of aromatic amines is 1. The maximum absolute atomic E-state index is 5.02. The number of nitrogens with zero attached hydrogens (tertiary/aromatic N) is 2. The number of anilines is 1. The molecule has 2 heterocycles. The Kier molecular flexibility index (Phi) is 3.02. The van der Waals surface area contributed by atoms with Crippen molar-refractivity contribution in [3.8, 4) is 5.75 Å². The molecule has 96 valence electrons. The van der Waals surface area contributed by atoms with E-state index in [0.717, 1.165) is 5.52 Å². The lowest BCUT2D eigenvalue weighted by Crippen LogP contribution is -2.03. The molecule has 0 spiro atoms. The van der Waals surface area contributed by atoms with Crippen molar-refractivity contribution in [1.29, 1.82) is 0 Å². The normalized spacial score (nSPS) is 10.6. The van der Waals surface area contributed by atoms with Crippen LogP contribution in [0.15, 0.2) is 42.9 Å². The monoisotopic (exact) mass is 254 g/mol. The maximum atomic E-state index is 5.02. The molecule has 0 bridgehead atoms.